The molecule has 2 aliphatic carbocycles. The molecule has 3 N–H and O–H groups in total. The average molecular weight is 506 g/mol. The Kier molecular flexibility index (Phi) is 6.25. The Morgan fingerprint density at radius 1 is 1.19 bits per heavy atom. The smallest absolute Gasteiger partial charge is 0.309 e. The molecule has 1 aromatic rings. The monoisotopic (exact) mass is 505 g/mol. The van der Waals surface area contributed by atoms with Crippen molar-refractivity contribution in [3.8, 4) is 6.07 Å². The van der Waals surface area contributed by atoms with Gasteiger partial charge >= 0.3 is 11.8 Å². The van der Waals surface area contributed by atoms with Gasteiger partial charge in [0.05, 0.1) is 11.5 Å². The van der Waals surface area contributed by atoms with Crippen LogP contribution in [0.5, 0.6) is 0 Å². The van der Waals surface area contributed by atoms with Crippen LogP contribution in [0, 0.1) is 28.6 Å². The molecule has 1 saturated heterocycles. The second-order valence-electron chi connectivity index (χ2n) is 12.4. The normalized spacial score (nSPS) is 30.5. The number of rotatable bonds is 4. The topological polar surface area (TPSA) is 131 Å². The highest BCUT2D eigenvalue weighted by Crippen LogP contribution is 2.47. The molecular formula is C28H35N5O4. The van der Waals surface area contributed by atoms with Gasteiger partial charge in [0.2, 0.25) is 11.8 Å². The van der Waals surface area contributed by atoms with Crippen LogP contribution >= 0.6 is 0 Å². The Morgan fingerprint density at radius 3 is 2.59 bits per heavy atom. The standard InChI is InChI=1S/C28H35N5O4/c1-27(2,3)13-22(31-24(35)23(34)30-21-11-16-8-9-17(21)10-16)25(36)33-15-28(12-18(33)14-29)19-6-4-5-7-20(19)32-26(28)37/h4-7,16-18,21-22H,8-13,15H2,1-3H3,(H,30,34)(H,31,35)(H,32,37)/t16-,17?,18+,21+,22+,28+/m1/s1. The van der Waals surface area contributed by atoms with Crippen LogP contribution in [0.2, 0.25) is 0 Å². The number of para-hydroxylation sites is 1. The minimum absolute atomic E-state index is 0.0103. The van der Waals surface area contributed by atoms with Crippen molar-refractivity contribution in [2.45, 2.75) is 82.8 Å². The quantitative estimate of drug-likeness (QED) is 0.540. The number of nitrogens with one attached hydrogen (secondary N) is 3. The highest BCUT2D eigenvalue weighted by molar-refractivity contribution is 6.35. The summed E-state index contributed by atoms with van der Waals surface area (Å²) in [6.07, 6.45) is 4.72. The van der Waals surface area contributed by atoms with Crippen molar-refractivity contribution in [3.63, 3.8) is 0 Å². The lowest BCUT2D eigenvalue weighted by Gasteiger charge is -2.31. The van der Waals surface area contributed by atoms with Crippen LogP contribution < -0.4 is 16.0 Å². The van der Waals surface area contributed by atoms with Gasteiger partial charge < -0.3 is 20.9 Å². The summed E-state index contributed by atoms with van der Waals surface area (Å²) in [5, 5.41) is 18.4. The molecule has 2 aliphatic heterocycles. The van der Waals surface area contributed by atoms with Crippen LogP contribution in [0.15, 0.2) is 24.3 Å². The Bertz CT molecular complexity index is 1180. The zero-order chi connectivity index (χ0) is 26.5. The Hall–Kier alpha value is -3.41. The lowest BCUT2D eigenvalue weighted by Crippen LogP contribution is -2.55. The van der Waals surface area contributed by atoms with Crippen molar-refractivity contribution in [3.05, 3.63) is 29.8 Å². The predicted molar refractivity (Wildman–Crippen MR) is 136 cm³/mol. The summed E-state index contributed by atoms with van der Waals surface area (Å²) in [5.41, 5.74) is 0.112. The third kappa shape index (κ3) is 4.58. The van der Waals surface area contributed by atoms with E-state index in [1.807, 2.05) is 45.0 Å². The highest BCUT2D eigenvalue weighted by Gasteiger charge is 2.56. The van der Waals surface area contributed by atoms with Gasteiger partial charge in [-0.15, -0.1) is 0 Å². The number of benzene rings is 1. The number of nitriles is 1. The van der Waals surface area contributed by atoms with Crippen LogP contribution in [-0.4, -0.2) is 53.2 Å². The van der Waals surface area contributed by atoms with E-state index in [1.54, 1.807) is 0 Å². The number of nitrogens with zero attached hydrogens (tertiary/aromatic N) is 2. The number of anilines is 1. The maximum absolute atomic E-state index is 13.9. The number of fused-ring (bicyclic) bond motifs is 4. The minimum atomic E-state index is -1.01. The number of carbonyl (C=O) groups excluding carboxylic acids is 4. The molecule has 2 saturated carbocycles. The Morgan fingerprint density at radius 2 is 1.95 bits per heavy atom. The van der Waals surface area contributed by atoms with Gasteiger partial charge in [-0.1, -0.05) is 45.4 Å². The fourth-order valence-corrected chi connectivity index (χ4v) is 6.88. The molecule has 37 heavy (non-hydrogen) atoms. The van der Waals surface area contributed by atoms with Crippen LogP contribution in [0.1, 0.15) is 64.9 Å². The number of carbonyl (C=O) groups is 4. The van der Waals surface area contributed by atoms with Crippen LogP contribution in [-0.2, 0) is 24.6 Å². The summed E-state index contributed by atoms with van der Waals surface area (Å²) in [7, 11) is 0. The van der Waals surface area contributed by atoms with Gasteiger partial charge in [-0.25, -0.2) is 0 Å². The van der Waals surface area contributed by atoms with E-state index >= 15 is 0 Å². The van der Waals surface area contributed by atoms with Crippen molar-refractivity contribution < 1.29 is 19.2 Å². The van der Waals surface area contributed by atoms with Gasteiger partial charge in [-0.05, 0) is 54.6 Å². The SMILES string of the molecule is CC(C)(C)C[C@H](NC(=O)C(=O)N[C@H]1C[C@@H]2CCC1C2)C(=O)N1C[C@]2(C[C@H]1C#N)C(=O)Nc1ccccc12. The van der Waals surface area contributed by atoms with Crippen molar-refractivity contribution in [1.82, 2.24) is 15.5 Å². The number of likely N-dealkylation sites (tertiary alicyclic amines) is 1. The predicted octanol–water partition coefficient (Wildman–Crippen LogP) is 2.23. The van der Waals surface area contributed by atoms with Gasteiger partial charge in [-0.2, -0.15) is 5.26 Å². The Balaban J connectivity index is 1.34. The summed E-state index contributed by atoms with van der Waals surface area (Å²) in [4.78, 5) is 54.1. The molecule has 1 spiro atoms. The fraction of sp³-hybridized carbons (Fsp3) is 0.607. The van der Waals surface area contributed by atoms with Crippen molar-refractivity contribution >= 4 is 29.3 Å². The first-order chi connectivity index (χ1) is 17.5. The molecule has 4 aliphatic rings. The summed E-state index contributed by atoms with van der Waals surface area (Å²) in [6.45, 7) is 5.88. The third-order valence-corrected chi connectivity index (χ3v) is 8.60. The van der Waals surface area contributed by atoms with Gasteiger partial charge in [0, 0.05) is 24.7 Å². The first-order valence-electron chi connectivity index (χ1n) is 13.2. The average Bonchev–Trinajstić information content (AvgIpc) is 3.61. The Labute approximate surface area is 217 Å². The number of hydrogen-bond donors (Lipinski definition) is 3. The number of hydrogen-bond acceptors (Lipinski definition) is 5. The molecule has 196 valence electrons. The largest absolute Gasteiger partial charge is 0.345 e. The van der Waals surface area contributed by atoms with Crippen molar-refractivity contribution in [1.29, 1.82) is 5.26 Å². The van der Waals surface area contributed by atoms with Crippen LogP contribution in [0.4, 0.5) is 5.69 Å². The summed E-state index contributed by atoms with van der Waals surface area (Å²) < 4.78 is 0. The molecule has 9 nitrogen and oxygen atoms in total. The second kappa shape index (κ2) is 9.16. The molecule has 4 amide bonds. The van der Waals surface area contributed by atoms with E-state index in [0.29, 0.717) is 17.5 Å². The van der Waals surface area contributed by atoms with E-state index in [2.05, 4.69) is 22.0 Å². The van der Waals surface area contributed by atoms with Gasteiger partial charge in [-0.3, -0.25) is 19.2 Å². The first kappa shape index (κ1) is 25.2. The molecule has 9 heteroatoms. The van der Waals surface area contributed by atoms with Gasteiger partial charge in [0.1, 0.15) is 12.1 Å². The van der Waals surface area contributed by atoms with E-state index in [9.17, 15) is 24.4 Å². The lowest BCUT2D eigenvalue weighted by molar-refractivity contribution is -0.143. The molecule has 6 atom stereocenters. The molecule has 2 bridgehead atoms. The lowest BCUT2D eigenvalue weighted by atomic mass is 9.80. The van der Waals surface area contributed by atoms with Crippen LogP contribution in [0.3, 0.4) is 0 Å². The van der Waals surface area contributed by atoms with E-state index in [0.717, 1.165) is 24.8 Å². The molecule has 5 rings (SSSR count). The molecule has 0 radical (unpaired) electrons. The molecule has 3 fully saturated rings. The summed E-state index contributed by atoms with van der Waals surface area (Å²) >= 11 is 0. The number of amides is 4. The van der Waals surface area contributed by atoms with E-state index < -0.39 is 35.2 Å². The maximum atomic E-state index is 13.9. The minimum Gasteiger partial charge on any atom is -0.345 e. The zero-order valence-electron chi connectivity index (χ0n) is 21.7. The molecular weight excluding hydrogens is 470 g/mol. The maximum Gasteiger partial charge on any atom is 0.309 e. The van der Waals surface area contributed by atoms with E-state index in [4.69, 9.17) is 0 Å². The zero-order valence-corrected chi connectivity index (χ0v) is 21.7. The second-order valence-corrected chi connectivity index (χ2v) is 12.4. The molecule has 1 unspecified atom stereocenters. The van der Waals surface area contributed by atoms with E-state index in [1.165, 1.54) is 11.3 Å². The van der Waals surface area contributed by atoms with E-state index in [-0.39, 0.29) is 36.8 Å². The molecule has 1 aromatic carbocycles. The van der Waals surface area contributed by atoms with Gasteiger partial charge in [0.15, 0.2) is 0 Å². The third-order valence-electron chi connectivity index (χ3n) is 8.60. The van der Waals surface area contributed by atoms with Crippen molar-refractivity contribution in [2.75, 3.05) is 11.9 Å². The molecule has 2 heterocycles. The van der Waals surface area contributed by atoms with Crippen molar-refractivity contribution in [2.24, 2.45) is 17.3 Å². The summed E-state index contributed by atoms with van der Waals surface area (Å²) in [6, 6.07) is 7.70. The summed E-state index contributed by atoms with van der Waals surface area (Å²) in [5.74, 6) is -1.19. The first-order valence-corrected chi connectivity index (χ1v) is 13.2. The van der Waals surface area contributed by atoms with Crippen LogP contribution in [0.25, 0.3) is 0 Å². The fourth-order valence-electron chi connectivity index (χ4n) is 6.88. The molecule has 0 aromatic heterocycles. The van der Waals surface area contributed by atoms with Gasteiger partial charge in [0.25, 0.3) is 0 Å². The highest BCUT2D eigenvalue weighted by atomic mass is 16.2.